The van der Waals surface area contributed by atoms with Gasteiger partial charge in [0.25, 0.3) is 0 Å². The number of nitrogens with one attached hydrogen (secondary N) is 2. The Morgan fingerprint density at radius 3 is 2.50 bits per heavy atom. The number of amides is 2. The van der Waals surface area contributed by atoms with Gasteiger partial charge in [0, 0.05) is 26.2 Å². The van der Waals surface area contributed by atoms with Crippen molar-refractivity contribution in [1.82, 2.24) is 15.5 Å². The number of likely N-dealkylation sites (tertiary alicyclic amines) is 1. The van der Waals surface area contributed by atoms with Gasteiger partial charge in [-0.25, -0.2) is 0 Å². The standard InChI is InChI=1S/C17H26F3N3O2.ClH/c18-17(19,20)15(25)23-7-4-12(5-8-23)9-22-14(24)16-6-2-1-3-13(16)10-21-11-16;/h12-13,21H,1-11H2,(H,22,24);1H/t13-,16+;/m0./s1. The molecule has 3 fully saturated rings. The van der Waals surface area contributed by atoms with Crippen LogP contribution in [0.2, 0.25) is 0 Å². The molecule has 0 spiro atoms. The summed E-state index contributed by atoms with van der Waals surface area (Å²) in [5.74, 6) is -1.13. The van der Waals surface area contributed by atoms with E-state index in [9.17, 15) is 22.8 Å². The zero-order valence-corrected chi connectivity index (χ0v) is 15.6. The zero-order valence-electron chi connectivity index (χ0n) is 14.7. The molecule has 2 aliphatic heterocycles. The SMILES string of the molecule is Cl.O=C(N1CCC(CNC(=O)[C@@]23CCCC[C@H]2CNC3)CC1)C(F)(F)F. The maximum Gasteiger partial charge on any atom is 0.471 e. The molecule has 1 aliphatic carbocycles. The maximum atomic E-state index is 12.8. The maximum absolute atomic E-state index is 12.8. The monoisotopic (exact) mass is 397 g/mol. The second-order valence-electron chi connectivity index (χ2n) is 7.67. The molecule has 0 aromatic heterocycles. The zero-order chi connectivity index (χ0) is 18.1. The highest BCUT2D eigenvalue weighted by atomic mass is 35.5. The van der Waals surface area contributed by atoms with Crippen molar-refractivity contribution in [1.29, 1.82) is 0 Å². The molecule has 0 aromatic rings. The van der Waals surface area contributed by atoms with Crippen LogP contribution in [0, 0.1) is 17.3 Å². The molecule has 0 bridgehead atoms. The fraction of sp³-hybridized carbons (Fsp3) is 0.882. The van der Waals surface area contributed by atoms with E-state index in [0.717, 1.165) is 37.3 Å². The number of halogens is 4. The molecule has 2 amide bonds. The Bertz CT molecular complexity index is 524. The van der Waals surface area contributed by atoms with Gasteiger partial charge >= 0.3 is 12.1 Å². The molecule has 5 nitrogen and oxygen atoms in total. The Balaban J connectivity index is 0.00000243. The molecule has 2 saturated heterocycles. The summed E-state index contributed by atoms with van der Waals surface area (Å²) in [6.07, 6.45) is 0.434. The summed E-state index contributed by atoms with van der Waals surface area (Å²) < 4.78 is 37.4. The number of hydrogen-bond acceptors (Lipinski definition) is 3. The molecule has 0 aromatic carbocycles. The van der Waals surface area contributed by atoms with Gasteiger partial charge in [0.2, 0.25) is 5.91 Å². The molecule has 26 heavy (non-hydrogen) atoms. The van der Waals surface area contributed by atoms with Crippen molar-refractivity contribution in [2.75, 3.05) is 32.7 Å². The minimum absolute atomic E-state index is 0. The van der Waals surface area contributed by atoms with Crippen molar-refractivity contribution < 1.29 is 22.8 Å². The van der Waals surface area contributed by atoms with Gasteiger partial charge in [0.1, 0.15) is 0 Å². The van der Waals surface area contributed by atoms with E-state index in [1.807, 2.05) is 0 Å². The van der Waals surface area contributed by atoms with Crippen LogP contribution in [0.5, 0.6) is 0 Å². The fourth-order valence-corrected chi connectivity index (χ4v) is 4.62. The Labute approximate surface area is 157 Å². The number of carbonyl (C=O) groups is 2. The number of alkyl halides is 3. The van der Waals surface area contributed by atoms with Crippen LogP contribution >= 0.6 is 12.4 Å². The fourth-order valence-electron chi connectivity index (χ4n) is 4.62. The van der Waals surface area contributed by atoms with E-state index in [2.05, 4.69) is 10.6 Å². The third kappa shape index (κ3) is 4.27. The van der Waals surface area contributed by atoms with E-state index in [1.54, 1.807) is 0 Å². The summed E-state index contributed by atoms with van der Waals surface area (Å²) in [5.41, 5.74) is -0.300. The van der Waals surface area contributed by atoms with E-state index in [1.165, 1.54) is 6.42 Å². The van der Waals surface area contributed by atoms with Crippen LogP contribution in [-0.4, -0.2) is 55.6 Å². The van der Waals surface area contributed by atoms with Crippen molar-refractivity contribution in [2.24, 2.45) is 17.3 Å². The number of nitrogens with zero attached hydrogens (tertiary/aromatic N) is 1. The van der Waals surface area contributed by atoms with Crippen molar-refractivity contribution >= 4 is 24.2 Å². The highest BCUT2D eigenvalue weighted by Gasteiger charge is 2.50. The van der Waals surface area contributed by atoms with Gasteiger partial charge in [-0.15, -0.1) is 12.4 Å². The smallest absolute Gasteiger partial charge is 0.355 e. The lowest BCUT2D eigenvalue weighted by Crippen LogP contribution is -2.50. The lowest BCUT2D eigenvalue weighted by atomic mass is 9.67. The lowest BCUT2D eigenvalue weighted by molar-refractivity contribution is -0.186. The number of fused-ring (bicyclic) bond motifs is 1. The highest BCUT2D eigenvalue weighted by molar-refractivity contribution is 5.85. The molecular formula is C17H27ClF3N3O2. The van der Waals surface area contributed by atoms with Crippen LogP contribution in [0.1, 0.15) is 38.5 Å². The molecule has 3 rings (SSSR count). The molecular weight excluding hydrogens is 371 g/mol. The normalized spacial score (nSPS) is 29.7. The van der Waals surface area contributed by atoms with Crippen LogP contribution in [-0.2, 0) is 9.59 Å². The molecule has 150 valence electrons. The van der Waals surface area contributed by atoms with Crippen LogP contribution in [0.4, 0.5) is 13.2 Å². The van der Waals surface area contributed by atoms with E-state index in [-0.39, 0.29) is 42.7 Å². The first-order valence-electron chi connectivity index (χ1n) is 9.18. The van der Waals surface area contributed by atoms with E-state index in [0.29, 0.717) is 25.3 Å². The van der Waals surface area contributed by atoms with Gasteiger partial charge < -0.3 is 15.5 Å². The first-order valence-corrected chi connectivity index (χ1v) is 9.18. The minimum Gasteiger partial charge on any atom is -0.355 e. The van der Waals surface area contributed by atoms with Crippen LogP contribution in [0.15, 0.2) is 0 Å². The van der Waals surface area contributed by atoms with Gasteiger partial charge in [-0.1, -0.05) is 12.8 Å². The molecule has 0 unspecified atom stereocenters. The average molecular weight is 398 g/mol. The largest absolute Gasteiger partial charge is 0.471 e. The summed E-state index contributed by atoms with van der Waals surface area (Å²) in [7, 11) is 0. The summed E-state index contributed by atoms with van der Waals surface area (Å²) in [6.45, 7) is 2.32. The molecule has 0 radical (unpaired) electrons. The first-order chi connectivity index (χ1) is 11.8. The number of piperidine rings is 1. The lowest BCUT2D eigenvalue weighted by Gasteiger charge is -2.38. The Kier molecular flexibility index (Phi) is 6.82. The minimum atomic E-state index is -4.80. The molecule has 2 heterocycles. The first kappa shape index (κ1) is 21.3. The number of hydrogen-bond donors (Lipinski definition) is 2. The average Bonchev–Trinajstić information content (AvgIpc) is 3.04. The quantitative estimate of drug-likeness (QED) is 0.766. The third-order valence-electron chi connectivity index (χ3n) is 6.19. The van der Waals surface area contributed by atoms with E-state index in [4.69, 9.17) is 0 Å². The Morgan fingerprint density at radius 1 is 1.15 bits per heavy atom. The highest BCUT2D eigenvalue weighted by Crippen LogP contribution is 2.43. The summed E-state index contributed by atoms with van der Waals surface area (Å²) in [4.78, 5) is 24.9. The summed E-state index contributed by atoms with van der Waals surface area (Å²) >= 11 is 0. The second-order valence-corrected chi connectivity index (χ2v) is 7.67. The summed E-state index contributed by atoms with van der Waals surface area (Å²) in [6, 6.07) is 0. The van der Waals surface area contributed by atoms with Crippen molar-refractivity contribution in [3.05, 3.63) is 0 Å². The van der Waals surface area contributed by atoms with Gasteiger partial charge in [0.05, 0.1) is 5.41 Å². The molecule has 2 N–H and O–H groups in total. The predicted molar refractivity (Wildman–Crippen MR) is 92.9 cm³/mol. The van der Waals surface area contributed by atoms with Crippen LogP contribution in [0.25, 0.3) is 0 Å². The van der Waals surface area contributed by atoms with Crippen LogP contribution in [0.3, 0.4) is 0 Å². The predicted octanol–water partition coefficient (Wildman–Crippen LogP) is 2.11. The van der Waals surface area contributed by atoms with Gasteiger partial charge in [0.15, 0.2) is 0 Å². The van der Waals surface area contributed by atoms with Crippen LogP contribution < -0.4 is 10.6 Å². The molecule has 9 heteroatoms. The van der Waals surface area contributed by atoms with E-state index < -0.39 is 12.1 Å². The van der Waals surface area contributed by atoms with Gasteiger partial charge in [-0.2, -0.15) is 13.2 Å². The Hall–Kier alpha value is -1.02. The second kappa shape index (κ2) is 8.33. The molecule has 3 aliphatic rings. The molecule has 2 atom stereocenters. The summed E-state index contributed by atoms with van der Waals surface area (Å²) in [5, 5.41) is 6.40. The number of carbonyl (C=O) groups excluding carboxylic acids is 2. The van der Waals surface area contributed by atoms with Crippen molar-refractivity contribution in [2.45, 2.75) is 44.7 Å². The Morgan fingerprint density at radius 2 is 1.85 bits per heavy atom. The van der Waals surface area contributed by atoms with E-state index >= 15 is 0 Å². The van der Waals surface area contributed by atoms with Gasteiger partial charge in [-0.3, -0.25) is 9.59 Å². The topological polar surface area (TPSA) is 61.4 Å². The van der Waals surface area contributed by atoms with Gasteiger partial charge in [-0.05, 0) is 44.1 Å². The van der Waals surface area contributed by atoms with Crippen molar-refractivity contribution in [3.8, 4) is 0 Å². The molecule has 1 saturated carbocycles. The third-order valence-corrected chi connectivity index (χ3v) is 6.19. The number of rotatable bonds is 3. The van der Waals surface area contributed by atoms with Crippen molar-refractivity contribution in [3.63, 3.8) is 0 Å².